The van der Waals surface area contributed by atoms with Gasteiger partial charge in [-0.25, -0.2) is 0 Å². The predicted octanol–water partition coefficient (Wildman–Crippen LogP) is 3.90. The summed E-state index contributed by atoms with van der Waals surface area (Å²) in [7, 11) is 0. The van der Waals surface area contributed by atoms with E-state index in [0.29, 0.717) is 5.56 Å². The molecule has 0 saturated heterocycles. The van der Waals surface area contributed by atoms with Crippen molar-refractivity contribution in [2.75, 3.05) is 0 Å². The highest BCUT2D eigenvalue weighted by atomic mass is 80.9. The van der Waals surface area contributed by atoms with E-state index in [1.165, 1.54) is 12.1 Å². The van der Waals surface area contributed by atoms with E-state index in [-0.39, 0.29) is 39.4 Å². The van der Waals surface area contributed by atoms with E-state index in [1.807, 2.05) is 12.1 Å². The first kappa shape index (κ1) is 16.1. The summed E-state index contributed by atoms with van der Waals surface area (Å²) in [6.07, 6.45) is 0. The molecule has 1 aliphatic carbocycles. The first-order valence-electron chi connectivity index (χ1n) is 5.99. The highest BCUT2D eigenvalue weighted by Crippen LogP contribution is 2.30. The summed E-state index contributed by atoms with van der Waals surface area (Å²) in [6, 6.07) is 13.1. The molecule has 0 unspecified atom stereocenters. The molecule has 0 saturated carbocycles. The molecule has 0 atom stereocenters. The number of ketones is 2. The lowest BCUT2D eigenvalue weighted by atomic mass is 9.81. The second-order valence-corrected chi connectivity index (χ2v) is 4.34. The molecule has 22 heavy (non-hydrogen) atoms. The van der Waals surface area contributed by atoms with Crippen molar-refractivity contribution in [3.05, 3.63) is 69.8 Å². The monoisotopic (exact) mass is 416 g/mol. The molecule has 2 aromatic carbocycles. The average Bonchev–Trinajstić information content (AvgIpc) is 2.60. The van der Waals surface area contributed by atoms with E-state index in [9.17, 15) is 14.9 Å². The Morgan fingerprint density at radius 3 is 1.91 bits per heavy atom. The molecule has 0 bridgehead atoms. The van der Waals surface area contributed by atoms with Crippen LogP contribution in [0.1, 0.15) is 43.0 Å². The second kappa shape index (κ2) is 6.65. The molecule has 0 aliphatic heterocycles. The van der Waals surface area contributed by atoms with Gasteiger partial charge in [0, 0.05) is 44.9 Å². The number of hydrogen-bond acceptors (Lipinski definition) is 4. The van der Waals surface area contributed by atoms with Gasteiger partial charge in [0.05, 0.1) is 16.7 Å². The van der Waals surface area contributed by atoms with Crippen LogP contribution in [-0.4, -0.2) is 11.6 Å². The van der Waals surface area contributed by atoms with Gasteiger partial charge in [-0.2, -0.15) is 10.5 Å². The topological polar surface area (TPSA) is 81.7 Å². The Balaban J connectivity index is 0.000000847. The zero-order valence-electron chi connectivity index (χ0n) is 10.9. The summed E-state index contributed by atoms with van der Waals surface area (Å²) in [5.74, 6) is -0.681. The lowest BCUT2D eigenvalue weighted by Gasteiger charge is -2.18. The fourth-order valence-electron chi connectivity index (χ4n) is 2.40. The molecule has 106 valence electrons. The first-order chi connectivity index (χ1) is 10.7. The highest BCUT2D eigenvalue weighted by molar-refractivity contribution is 9.93. The molecule has 0 amide bonds. The molecular formula is C16H6Br2N2O2. The van der Waals surface area contributed by atoms with E-state index < -0.39 is 0 Å². The zero-order chi connectivity index (χ0) is 16.3. The van der Waals surface area contributed by atoms with Gasteiger partial charge in [-0.15, -0.1) is 0 Å². The van der Waals surface area contributed by atoms with Crippen molar-refractivity contribution >= 4 is 39.8 Å². The molecule has 0 N–H and O–H groups in total. The Bertz CT molecular complexity index is 877. The van der Waals surface area contributed by atoms with Crippen molar-refractivity contribution in [2.24, 2.45) is 0 Å². The van der Waals surface area contributed by atoms with Crippen LogP contribution in [0.4, 0.5) is 0 Å². The van der Waals surface area contributed by atoms with Crippen LogP contribution in [0.5, 0.6) is 0 Å². The van der Waals surface area contributed by atoms with Crippen LogP contribution in [0.25, 0.3) is 0 Å². The van der Waals surface area contributed by atoms with E-state index in [2.05, 4.69) is 28.3 Å². The molecule has 0 fully saturated rings. The molecule has 0 aromatic heterocycles. The number of benzene rings is 2. The van der Waals surface area contributed by atoms with Crippen molar-refractivity contribution in [1.29, 1.82) is 10.5 Å². The van der Waals surface area contributed by atoms with Gasteiger partial charge in [0.1, 0.15) is 12.1 Å². The summed E-state index contributed by atoms with van der Waals surface area (Å²) in [6.45, 7) is 0. The molecule has 6 heteroatoms. The Morgan fingerprint density at radius 2 is 1.36 bits per heavy atom. The smallest absolute Gasteiger partial charge is 0.195 e. The third-order valence-electron chi connectivity index (χ3n) is 3.33. The van der Waals surface area contributed by atoms with Crippen LogP contribution in [0.3, 0.4) is 0 Å². The van der Waals surface area contributed by atoms with E-state index >= 15 is 0 Å². The number of carbonyl (C=O) groups is 2. The molecule has 3 rings (SSSR count). The van der Waals surface area contributed by atoms with Gasteiger partial charge in [-0.3, -0.25) is 9.59 Å². The van der Waals surface area contributed by atoms with Crippen LogP contribution < -0.4 is 0 Å². The maximum absolute atomic E-state index is 12.5. The second-order valence-electron chi connectivity index (χ2n) is 4.34. The number of carbonyl (C=O) groups excluding carboxylic acids is 2. The van der Waals surface area contributed by atoms with Crippen molar-refractivity contribution in [1.82, 2.24) is 0 Å². The van der Waals surface area contributed by atoms with Crippen molar-refractivity contribution < 1.29 is 9.59 Å². The Hall–Kier alpha value is -2.28. The number of nitriles is 2. The minimum absolute atomic E-state index is 0.0298. The maximum Gasteiger partial charge on any atom is 0.195 e. The number of fused-ring (bicyclic) bond motifs is 2. The molecule has 0 spiro atoms. The third kappa shape index (κ3) is 2.37. The standard InChI is InChI=1S/C16H6N2O2.Br2/c17-7-9-5-6-12-14(13(9)8-18)16(20)11-4-2-1-3-10(11)15(12)19;1-2/h1-6H;. The summed E-state index contributed by atoms with van der Waals surface area (Å²) in [5, 5.41) is 18.2. The molecule has 0 radical (unpaired) electrons. The summed E-state index contributed by atoms with van der Waals surface area (Å²) >= 11 is 5.50. The number of rotatable bonds is 0. The Labute approximate surface area is 141 Å². The molecule has 4 nitrogen and oxygen atoms in total. The van der Waals surface area contributed by atoms with Crippen molar-refractivity contribution in [2.45, 2.75) is 0 Å². The minimum Gasteiger partial charge on any atom is -0.289 e. The SMILES string of the molecule is BrBr.N#Cc1ccc2c(c1C#N)C(=O)c1ccccc1C2=O. The van der Waals surface area contributed by atoms with Crippen molar-refractivity contribution in [3.8, 4) is 12.1 Å². The van der Waals surface area contributed by atoms with Crippen LogP contribution in [0, 0.1) is 22.7 Å². The Morgan fingerprint density at radius 1 is 0.773 bits per heavy atom. The largest absolute Gasteiger partial charge is 0.289 e. The lowest BCUT2D eigenvalue weighted by Crippen LogP contribution is -2.22. The first-order valence-corrected chi connectivity index (χ1v) is 9.70. The number of hydrogen-bond donors (Lipinski definition) is 0. The van der Waals surface area contributed by atoms with Crippen LogP contribution >= 0.6 is 28.3 Å². The van der Waals surface area contributed by atoms with Gasteiger partial charge in [0.2, 0.25) is 0 Å². The van der Waals surface area contributed by atoms with Crippen LogP contribution in [0.15, 0.2) is 36.4 Å². The number of halogens is 2. The number of nitrogens with zero attached hydrogens (tertiary/aromatic N) is 2. The van der Waals surface area contributed by atoms with Gasteiger partial charge in [-0.1, -0.05) is 24.3 Å². The summed E-state index contributed by atoms with van der Waals surface area (Å²) in [5.41, 5.74) is 0.902. The molecule has 0 heterocycles. The van der Waals surface area contributed by atoms with Gasteiger partial charge in [-0.05, 0) is 12.1 Å². The molecular weight excluding hydrogens is 412 g/mol. The summed E-state index contributed by atoms with van der Waals surface area (Å²) in [4.78, 5) is 24.9. The lowest BCUT2D eigenvalue weighted by molar-refractivity contribution is 0.0979. The summed E-state index contributed by atoms with van der Waals surface area (Å²) < 4.78 is 0. The van der Waals surface area contributed by atoms with Crippen molar-refractivity contribution in [3.63, 3.8) is 0 Å². The van der Waals surface area contributed by atoms with Crippen LogP contribution in [0.2, 0.25) is 0 Å². The Kier molecular flexibility index (Phi) is 4.87. The molecule has 2 aromatic rings. The van der Waals surface area contributed by atoms with E-state index in [1.54, 1.807) is 24.3 Å². The van der Waals surface area contributed by atoms with Gasteiger partial charge < -0.3 is 0 Å². The third-order valence-corrected chi connectivity index (χ3v) is 3.33. The highest BCUT2D eigenvalue weighted by Gasteiger charge is 2.32. The maximum atomic E-state index is 12.5. The fourth-order valence-corrected chi connectivity index (χ4v) is 2.40. The fraction of sp³-hybridized carbons (Fsp3) is 0. The van der Waals surface area contributed by atoms with Crippen LogP contribution in [-0.2, 0) is 0 Å². The van der Waals surface area contributed by atoms with E-state index in [4.69, 9.17) is 5.26 Å². The quantitative estimate of drug-likeness (QED) is 0.555. The minimum atomic E-state index is -0.385. The van der Waals surface area contributed by atoms with Gasteiger partial charge in [0.25, 0.3) is 0 Å². The predicted molar refractivity (Wildman–Crippen MR) is 87.0 cm³/mol. The normalized spacial score (nSPS) is 11.3. The van der Waals surface area contributed by atoms with Gasteiger partial charge >= 0.3 is 0 Å². The van der Waals surface area contributed by atoms with E-state index in [0.717, 1.165) is 0 Å². The average molecular weight is 418 g/mol. The zero-order valence-corrected chi connectivity index (χ0v) is 14.1. The molecule has 1 aliphatic rings. The van der Waals surface area contributed by atoms with Gasteiger partial charge in [0.15, 0.2) is 11.6 Å².